The van der Waals surface area contributed by atoms with E-state index in [1.807, 2.05) is 13.8 Å². The summed E-state index contributed by atoms with van der Waals surface area (Å²) in [5.41, 5.74) is 7.17. The van der Waals surface area contributed by atoms with Gasteiger partial charge >= 0.3 is 0 Å². The number of aryl methyl sites for hydroxylation is 1. The predicted molar refractivity (Wildman–Crippen MR) is 72.3 cm³/mol. The fourth-order valence-electron chi connectivity index (χ4n) is 1.27. The molecule has 1 rings (SSSR count). The van der Waals surface area contributed by atoms with Crippen LogP contribution in [0.2, 0.25) is 0 Å². The van der Waals surface area contributed by atoms with E-state index >= 15 is 0 Å². The van der Waals surface area contributed by atoms with Crippen molar-refractivity contribution in [1.82, 2.24) is 4.98 Å². The van der Waals surface area contributed by atoms with E-state index < -0.39 is 0 Å². The van der Waals surface area contributed by atoms with E-state index in [4.69, 9.17) is 15.2 Å². The highest BCUT2D eigenvalue weighted by Gasteiger charge is 2.10. The van der Waals surface area contributed by atoms with Crippen LogP contribution < -0.4 is 10.5 Å². The first kappa shape index (κ1) is 14.3. The lowest BCUT2D eigenvalue weighted by Crippen LogP contribution is -2.20. The zero-order chi connectivity index (χ0) is 12.8. The van der Waals surface area contributed by atoms with E-state index in [-0.39, 0.29) is 6.10 Å². The highest BCUT2D eigenvalue weighted by atomic mass is 79.9. The lowest BCUT2D eigenvalue weighted by Gasteiger charge is -2.15. The van der Waals surface area contributed by atoms with Crippen molar-refractivity contribution in [2.45, 2.75) is 33.3 Å². The maximum atomic E-state index is 5.75. The van der Waals surface area contributed by atoms with Crippen LogP contribution >= 0.6 is 15.9 Å². The lowest BCUT2D eigenvalue weighted by atomic mass is 10.3. The van der Waals surface area contributed by atoms with E-state index in [0.29, 0.717) is 18.2 Å². The maximum Gasteiger partial charge on any atom is 0.228 e. The maximum absolute atomic E-state index is 5.75. The highest BCUT2D eigenvalue weighted by molar-refractivity contribution is 9.10. The van der Waals surface area contributed by atoms with Gasteiger partial charge in [-0.05, 0) is 42.3 Å². The Hall–Kier alpha value is -0.810. The Morgan fingerprint density at radius 1 is 1.53 bits per heavy atom. The topological polar surface area (TPSA) is 57.4 Å². The first-order valence-corrected chi connectivity index (χ1v) is 6.51. The molecule has 1 heterocycles. The molecule has 0 saturated heterocycles. The highest BCUT2D eigenvalue weighted by Crippen LogP contribution is 2.27. The first-order valence-electron chi connectivity index (χ1n) is 5.71. The second kappa shape index (κ2) is 6.81. The van der Waals surface area contributed by atoms with E-state index in [9.17, 15) is 0 Å². The summed E-state index contributed by atoms with van der Waals surface area (Å²) in [5.74, 6) is 0.560. The van der Waals surface area contributed by atoms with Crippen LogP contribution in [0.4, 0.5) is 5.69 Å². The molecule has 0 saturated carbocycles. The molecule has 0 aliphatic heterocycles. The molecule has 0 amide bonds. The SMILES string of the molecule is CCCOCC(C)Oc1nc(C)c(N)cc1Br. The molecule has 5 heteroatoms. The number of ether oxygens (including phenoxy) is 2. The third-order valence-corrected chi connectivity index (χ3v) is 2.76. The second-order valence-corrected chi connectivity index (χ2v) is 4.81. The van der Waals surface area contributed by atoms with Gasteiger partial charge in [0.05, 0.1) is 22.5 Å². The Morgan fingerprint density at radius 2 is 2.24 bits per heavy atom. The Labute approximate surface area is 111 Å². The number of aromatic nitrogens is 1. The normalized spacial score (nSPS) is 12.5. The van der Waals surface area contributed by atoms with Crippen molar-refractivity contribution < 1.29 is 9.47 Å². The number of halogens is 1. The molecule has 1 atom stereocenters. The monoisotopic (exact) mass is 302 g/mol. The van der Waals surface area contributed by atoms with Gasteiger partial charge in [-0.2, -0.15) is 0 Å². The van der Waals surface area contributed by atoms with Crippen molar-refractivity contribution in [2.24, 2.45) is 0 Å². The van der Waals surface area contributed by atoms with Crippen molar-refractivity contribution in [3.63, 3.8) is 0 Å². The van der Waals surface area contributed by atoms with Crippen molar-refractivity contribution in [3.05, 3.63) is 16.2 Å². The molecule has 96 valence electrons. The number of hydrogen-bond donors (Lipinski definition) is 1. The van der Waals surface area contributed by atoms with E-state index in [0.717, 1.165) is 23.2 Å². The number of pyridine rings is 1. The first-order chi connectivity index (χ1) is 8.04. The molecule has 1 unspecified atom stereocenters. The van der Waals surface area contributed by atoms with Crippen LogP contribution in [0.15, 0.2) is 10.5 Å². The van der Waals surface area contributed by atoms with Crippen LogP contribution in [0.1, 0.15) is 26.0 Å². The molecule has 0 bridgehead atoms. The summed E-state index contributed by atoms with van der Waals surface area (Å²) in [6.45, 7) is 7.20. The molecule has 1 aromatic rings. The molecule has 1 aromatic heterocycles. The van der Waals surface area contributed by atoms with Crippen LogP contribution in [0, 0.1) is 6.92 Å². The Bertz CT molecular complexity index is 372. The summed E-state index contributed by atoms with van der Waals surface area (Å²) in [6, 6.07) is 1.80. The largest absolute Gasteiger partial charge is 0.471 e. The van der Waals surface area contributed by atoms with Gasteiger partial charge in [0, 0.05) is 6.61 Å². The number of nitrogens with two attached hydrogens (primary N) is 1. The number of nitrogen functional groups attached to an aromatic ring is 1. The van der Waals surface area contributed by atoms with E-state index in [2.05, 4.69) is 27.8 Å². The number of hydrogen-bond acceptors (Lipinski definition) is 4. The molecule has 2 N–H and O–H groups in total. The van der Waals surface area contributed by atoms with Gasteiger partial charge in [-0.3, -0.25) is 0 Å². The van der Waals surface area contributed by atoms with Gasteiger partial charge in [-0.15, -0.1) is 0 Å². The van der Waals surface area contributed by atoms with Gasteiger partial charge in [-0.1, -0.05) is 6.92 Å². The summed E-state index contributed by atoms with van der Waals surface area (Å²) in [4.78, 5) is 4.29. The van der Waals surface area contributed by atoms with Crippen molar-refractivity contribution in [1.29, 1.82) is 0 Å². The molecular formula is C12H19BrN2O2. The Morgan fingerprint density at radius 3 is 2.88 bits per heavy atom. The third kappa shape index (κ3) is 4.52. The summed E-state index contributed by atoms with van der Waals surface area (Å²) in [6.07, 6.45) is 0.976. The predicted octanol–water partition coefficient (Wildman–Crippen LogP) is 2.93. The standard InChI is InChI=1S/C12H19BrN2O2/c1-4-5-16-7-8(2)17-12-10(13)6-11(14)9(3)15-12/h6,8H,4-5,7,14H2,1-3H3. The zero-order valence-electron chi connectivity index (χ0n) is 10.5. The second-order valence-electron chi connectivity index (χ2n) is 3.95. The number of rotatable bonds is 6. The minimum Gasteiger partial charge on any atom is -0.471 e. The van der Waals surface area contributed by atoms with Gasteiger partial charge in [0.1, 0.15) is 6.10 Å². The molecule has 0 aliphatic rings. The van der Waals surface area contributed by atoms with Gasteiger partial charge < -0.3 is 15.2 Å². The average molecular weight is 303 g/mol. The van der Waals surface area contributed by atoms with E-state index in [1.165, 1.54) is 0 Å². The van der Waals surface area contributed by atoms with Crippen LogP contribution in [0.3, 0.4) is 0 Å². The molecule has 0 spiro atoms. The molecule has 0 radical (unpaired) electrons. The lowest BCUT2D eigenvalue weighted by molar-refractivity contribution is 0.0563. The molecule has 4 nitrogen and oxygen atoms in total. The summed E-state index contributed by atoms with van der Waals surface area (Å²) in [7, 11) is 0. The van der Waals surface area contributed by atoms with Crippen molar-refractivity contribution in [3.8, 4) is 5.88 Å². The van der Waals surface area contributed by atoms with Crippen LogP contribution in [0.25, 0.3) is 0 Å². The molecule has 0 fully saturated rings. The average Bonchev–Trinajstić information content (AvgIpc) is 2.26. The van der Waals surface area contributed by atoms with Crippen molar-refractivity contribution >= 4 is 21.6 Å². The summed E-state index contributed by atoms with van der Waals surface area (Å²) < 4.78 is 11.9. The van der Waals surface area contributed by atoms with E-state index in [1.54, 1.807) is 6.07 Å². The van der Waals surface area contributed by atoms with Crippen LogP contribution in [-0.4, -0.2) is 24.3 Å². The Balaban J connectivity index is 2.58. The Kier molecular flexibility index (Phi) is 5.71. The van der Waals surface area contributed by atoms with Crippen LogP contribution in [-0.2, 0) is 4.74 Å². The molecule has 17 heavy (non-hydrogen) atoms. The molecule has 0 aromatic carbocycles. The van der Waals surface area contributed by atoms with Gasteiger partial charge in [0.15, 0.2) is 0 Å². The number of nitrogens with zero attached hydrogens (tertiary/aromatic N) is 1. The quantitative estimate of drug-likeness (QED) is 0.821. The van der Waals surface area contributed by atoms with Gasteiger partial charge in [0.25, 0.3) is 0 Å². The zero-order valence-corrected chi connectivity index (χ0v) is 12.1. The summed E-state index contributed by atoms with van der Waals surface area (Å²) in [5, 5.41) is 0. The van der Waals surface area contributed by atoms with Crippen molar-refractivity contribution in [2.75, 3.05) is 18.9 Å². The fraction of sp³-hybridized carbons (Fsp3) is 0.583. The van der Waals surface area contributed by atoms with Gasteiger partial charge in [-0.25, -0.2) is 4.98 Å². The van der Waals surface area contributed by atoms with Crippen LogP contribution in [0.5, 0.6) is 5.88 Å². The fourth-order valence-corrected chi connectivity index (χ4v) is 1.70. The summed E-state index contributed by atoms with van der Waals surface area (Å²) >= 11 is 3.38. The molecule has 0 aliphatic carbocycles. The van der Waals surface area contributed by atoms with Gasteiger partial charge in [0.2, 0.25) is 5.88 Å². The smallest absolute Gasteiger partial charge is 0.228 e. The third-order valence-electron chi connectivity index (χ3n) is 2.19. The minimum atomic E-state index is -0.0339. The minimum absolute atomic E-state index is 0.0339. The number of anilines is 1. The molecular weight excluding hydrogens is 284 g/mol.